The van der Waals surface area contributed by atoms with Crippen LogP contribution < -0.4 is 0 Å². The van der Waals surface area contributed by atoms with Gasteiger partial charge in [0.05, 0.1) is 4.92 Å². The van der Waals surface area contributed by atoms with Crippen molar-refractivity contribution in [3.8, 4) is 0 Å². The lowest BCUT2D eigenvalue weighted by Gasteiger charge is -1.93. The third kappa shape index (κ3) is 5.66. The van der Waals surface area contributed by atoms with Crippen molar-refractivity contribution in [2.24, 2.45) is 0 Å². The minimum absolute atomic E-state index is 0.345. The number of nitrogens with zero attached hydrogens (tertiary/aromatic N) is 1. The molecule has 0 aromatic heterocycles. The molecule has 0 amide bonds. The highest BCUT2D eigenvalue weighted by Gasteiger charge is 2.13. The van der Waals surface area contributed by atoms with Crippen molar-refractivity contribution < 1.29 is 10.0 Å². The molecule has 0 rings (SSSR count). The fourth-order valence-corrected chi connectivity index (χ4v) is 0.499. The molecule has 13 heavy (non-hydrogen) atoms. The highest BCUT2D eigenvalue weighted by molar-refractivity contribution is 5.20. The van der Waals surface area contributed by atoms with E-state index in [9.17, 15) is 10.1 Å². The van der Waals surface area contributed by atoms with Crippen LogP contribution in [0.3, 0.4) is 0 Å². The second kappa shape index (κ2) is 8.52. The zero-order valence-electron chi connectivity index (χ0n) is 8.15. The molecule has 1 N–H and O–H groups in total. The van der Waals surface area contributed by atoms with Crippen LogP contribution in [0.25, 0.3) is 0 Å². The van der Waals surface area contributed by atoms with Crippen molar-refractivity contribution in [3.63, 3.8) is 0 Å². The van der Waals surface area contributed by atoms with Crippen molar-refractivity contribution >= 4 is 0 Å². The monoisotopic (exact) mass is 185 g/mol. The fourth-order valence-electron chi connectivity index (χ4n) is 0.499. The van der Waals surface area contributed by atoms with Crippen molar-refractivity contribution in [2.45, 2.75) is 20.8 Å². The Kier molecular flexibility index (Phi) is 9.15. The van der Waals surface area contributed by atoms with E-state index in [1.165, 1.54) is 19.1 Å². The quantitative estimate of drug-likeness (QED) is 0.318. The van der Waals surface area contributed by atoms with Crippen molar-refractivity contribution in [1.82, 2.24) is 0 Å². The number of allylic oxidation sites excluding steroid dienone is 3. The highest BCUT2D eigenvalue weighted by Crippen LogP contribution is 2.06. The van der Waals surface area contributed by atoms with Crippen LogP contribution in [0.1, 0.15) is 20.8 Å². The Balaban J connectivity index is 0. The predicted molar refractivity (Wildman–Crippen MR) is 53.0 cm³/mol. The van der Waals surface area contributed by atoms with E-state index in [1.807, 2.05) is 13.8 Å². The third-order valence-electron chi connectivity index (χ3n) is 1.01. The van der Waals surface area contributed by atoms with E-state index in [-0.39, 0.29) is 11.5 Å². The number of aliphatic hydroxyl groups excluding tert-OH is 1. The van der Waals surface area contributed by atoms with E-state index in [1.54, 1.807) is 0 Å². The Labute approximate surface area is 78.0 Å². The first-order valence-electron chi connectivity index (χ1n) is 3.96. The van der Waals surface area contributed by atoms with Gasteiger partial charge in [0.15, 0.2) is 5.76 Å². The Morgan fingerprint density at radius 3 is 2.23 bits per heavy atom. The van der Waals surface area contributed by atoms with Gasteiger partial charge in [-0.05, 0) is 13.0 Å². The molecule has 0 heterocycles. The summed E-state index contributed by atoms with van der Waals surface area (Å²) in [5.41, 5.74) is -0.345. The molecule has 74 valence electrons. The van der Waals surface area contributed by atoms with Crippen LogP contribution in [0.15, 0.2) is 36.3 Å². The van der Waals surface area contributed by atoms with Crippen LogP contribution in [-0.2, 0) is 0 Å². The normalized spacial score (nSPS) is 11.3. The van der Waals surface area contributed by atoms with Crippen LogP contribution in [0.5, 0.6) is 0 Å². The van der Waals surface area contributed by atoms with Gasteiger partial charge in [0.1, 0.15) is 0 Å². The summed E-state index contributed by atoms with van der Waals surface area (Å²) >= 11 is 0. The average molecular weight is 185 g/mol. The molecular weight excluding hydrogens is 170 g/mol. The molecule has 0 aromatic rings. The van der Waals surface area contributed by atoms with E-state index in [0.717, 1.165) is 6.08 Å². The number of nitro groups is 1. The minimum atomic E-state index is -0.670. The molecule has 0 saturated carbocycles. The van der Waals surface area contributed by atoms with E-state index < -0.39 is 4.92 Å². The molecule has 4 heteroatoms. The smallest absolute Gasteiger partial charge is 0.310 e. The van der Waals surface area contributed by atoms with Crippen LogP contribution in [-0.4, -0.2) is 10.0 Å². The zero-order valence-corrected chi connectivity index (χ0v) is 8.15. The molecule has 0 fully saturated rings. The summed E-state index contributed by atoms with van der Waals surface area (Å²) in [5.74, 6) is -0.352. The van der Waals surface area contributed by atoms with Gasteiger partial charge in [-0.1, -0.05) is 26.5 Å². The molecule has 0 aliphatic carbocycles. The first-order valence-corrected chi connectivity index (χ1v) is 3.96. The summed E-state index contributed by atoms with van der Waals surface area (Å²) in [6.07, 6.45) is 3.63. The molecule has 0 atom stereocenters. The Bertz CT molecular complexity index is 229. The van der Waals surface area contributed by atoms with E-state index in [2.05, 4.69) is 6.58 Å². The molecular formula is C9H15NO3. The zero-order chi connectivity index (χ0) is 10.9. The molecule has 4 nitrogen and oxygen atoms in total. The molecule has 0 spiro atoms. The fraction of sp³-hybridized carbons (Fsp3) is 0.333. The topological polar surface area (TPSA) is 63.4 Å². The van der Waals surface area contributed by atoms with Gasteiger partial charge in [-0.15, -0.1) is 0 Å². The van der Waals surface area contributed by atoms with Gasteiger partial charge in [0.25, 0.3) is 0 Å². The van der Waals surface area contributed by atoms with Crippen LogP contribution >= 0.6 is 0 Å². The SMILES string of the molecule is C=C/C=C(\C(O)=C/C)[N+](=O)[O-].CC. The summed E-state index contributed by atoms with van der Waals surface area (Å²) in [4.78, 5) is 9.51. The van der Waals surface area contributed by atoms with Crippen LogP contribution in [0.4, 0.5) is 0 Å². The maximum Gasteiger partial charge on any atom is 0.310 e. The lowest BCUT2D eigenvalue weighted by atomic mass is 10.3. The number of hydrogen-bond donors (Lipinski definition) is 1. The molecule has 0 aliphatic rings. The molecule has 0 aliphatic heterocycles. The van der Waals surface area contributed by atoms with Crippen LogP contribution in [0.2, 0.25) is 0 Å². The van der Waals surface area contributed by atoms with E-state index >= 15 is 0 Å². The summed E-state index contributed by atoms with van der Waals surface area (Å²) in [6.45, 7) is 8.79. The molecule has 0 saturated heterocycles. The van der Waals surface area contributed by atoms with E-state index in [0.29, 0.717) is 0 Å². The number of rotatable bonds is 3. The summed E-state index contributed by atoms with van der Waals surface area (Å²) in [6, 6.07) is 0. The summed E-state index contributed by atoms with van der Waals surface area (Å²) in [5, 5.41) is 19.1. The highest BCUT2D eigenvalue weighted by atomic mass is 16.6. The van der Waals surface area contributed by atoms with Gasteiger partial charge in [-0.25, -0.2) is 0 Å². The van der Waals surface area contributed by atoms with Crippen molar-refractivity contribution in [3.05, 3.63) is 46.4 Å². The first-order chi connectivity index (χ1) is 6.13. The Morgan fingerprint density at radius 1 is 1.54 bits per heavy atom. The maximum atomic E-state index is 10.2. The molecule has 0 unspecified atom stereocenters. The van der Waals surface area contributed by atoms with Crippen molar-refractivity contribution in [1.29, 1.82) is 0 Å². The van der Waals surface area contributed by atoms with E-state index in [4.69, 9.17) is 5.11 Å². The summed E-state index contributed by atoms with van der Waals surface area (Å²) in [7, 11) is 0. The predicted octanol–water partition coefficient (Wildman–Crippen LogP) is 2.82. The lowest BCUT2D eigenvalue weighted by Crippen LogP contribution is -2.00. The van der Waals surface area contributed by atoms with Gasteiger partial charge >= 0.3 is 5.70 Å². The Hall–Kier alpha value is -1.58. The van der Waals surface area contributed by atoms with Gasteiger partial charge < -0.3 is 5.11 Å². The molecule has 0 radical (unpaired) electrons. The lowest BCUT2D eigenvalue weighted by molar-refractivity contribution is -0.423. The Morgan fingerprint density at radius 2 is 2.00 bits per heavy atom. The molecule has 0 bridgehead atoms. The minimum Gasteiger partial charge on any atom is -0.502 e. The van der Waals surface area contributed by atoms with Gasteiger partial charge in [-0.3, -0.25) is 10.1 Å². The third-order valence-corrected chi connectivity index (χ3v) is 1.01. The first kappa shape index (κ1) is 14.0. The van der Waals surface area contributed by atoms with Gasteiger partial charge in [-0.2, -0.15) is 0 Å². The standard InChI is InChI=1S/C7H9NO3.C2H6/c1-3-5-6(8(10)11)7(9)4-2;1-2/h3-5,9H,1H2,2H3;1-2H3/b6-5+,7-4+;. The molecule has 0 aromatic carbocycles. The number of hydrogen-bond acceptors (Lipinski definition) is 3. The largest absolute Gasteiger partial charge is 0.502 e. The van der Waals surface area contributed by atoms with Crippen LogP contribution in [0, 0.1) is 10.1 Å². The number of aliphatic hydroxyl groups is 1. The van der Waals surface area contributed by atoms with Gasteiger partial charge in [0.2, 0.25) is 0 Å². The van der Waals surface area contributed by atoms with Crippen molar-refractivity contribution in [2.75, 3.05) is 0 Å². The maximum absolute atomic E-state index is 10.2. The second-order valence-electron chi connectivity index (χ2n) is 1.72. The van der Waals surface area contributed by atoms with Gasteiger partial charge in [0, 0.05) is 6.08 Å². The second-order valence-corrected chi connectivity index (χ2v) is 1.72. The summed E-state index contributed by atoms with van der Waals surface area (Å²) < 4.78 is 0. The average Bonchev–Trinajstić information content (AvgIpc) is 2.15.